The van der Waals surface area contributed by atoms with E-state index in [1.807, 2.05) is 61.5 Å². The highest BCUT2D eigenvalue weighted by atomic mass is 19.4. The van der Waals surface area contributed by atoms with Crippen LogP contribution in [0.4, 0.5) is 50.9 Å². The van der Waals surface area contributed by atoms with Crippen LogP contribution in [0.1, 0.15) is 184 Å². The van der Waals surface area contributed by atoms with E-state index in [-0.39, 0.29) is 201 Å². The Balaban J connectivity index is 0.000000187. The third-order valence-corrected chi connectivity index (χ3v) is 24.5. The van der Waals surface area contributed by atoms with E-state index in [9.17, 15) is 129 Å². The zero-order valence-corrected chi connectivity index (χ0v) is 75.9. The molecule has 28 nitrogen and oxygen atoms in total. The molecule has 0 aromatic heterocycles. The number of benzene rings is 9. The van der Waals surface area contributed by atoms with Gasteiger partial charge in [0.25, 0.3) is 34.2 Å². The molecule has 0 aliphatic heterocycles. The van der Waals surface area contributed by atoms with Gasteiger partial charge in [-0.05, 0) is 221 Å². The normalized spacial score (nSPS) is 14.6. The van der Waals surface area contributed by atoms with Crippen molar-refractivity contribution in [3.8, 4) is 103 Å². The van der Waals surface area contributed by atoms with E-state index in [0.29, 0.717) is 34.9 Å². The van der Waals surface area contributed by atoms with Gasteiger partial charge in [0, 0.05) is 50.1 Å². The monoisotopic (exact) mass is 1950 g/mol. The summed E-state index contributed by atoms with van der Waals surface area (Å²) in [5.41, 5.74) is -15.4. The maximum atomic E-state index is 14.1. The molecule has 686 valence electrons. The van der Waals surface area contributed by atoms with Gasteiger partial charge in [-0.1, -0.05) is 60.7 Å². The van der Waals surface area contributed by atoms with Gasteiger partial charge in [0.1, 0.15) is 30.3 Å². The number of fused-ring (bicyclic) bond motifs is 6. The van der Waals surface area contributed by atoms with Crippen molar-refractivity contribution in [3.05, 3.63) is 459 Å². The van der Waals surface area contributed by atoms with Gasteiger partial charge in [-0.15, -0.1) is 0 Å². The van der Waals surface area contributed by atoms with E-state index < -0.39 is 120 Å². The largest absolute Gasteiger partial charge is 0.417 e. The Bertz CT molecular complexity index is 9810. The quantitative estimate of drug-likeness (QED) is 0.0847. The second-order valence-corrected chi connectivity index (χ2v) is 31.6. The summed E-state index contributed by atoms with van der Waals surface area (Å²) < 4.78 is 124. The van der Waals surface area contributed by atoms with Crippen LogP contribution in [0, 0.1) is 293 Å². The molecule has 0 atom stereocenters. The number of nitriles is 17. The van der Waals surface area contributed by atoms with E-state index in [1.54, 1.807) is 87.5 Å². The summed E-state index contributed by atoms with van der Waals surface area (Å²) in [6.07, 6.45) is -14.9. The zero-order chi connectivity index (χ0) is 110. The van der Waals surface area contributed by atoms with Crippen molar-refractivity contribution in [3.63, 3.8) is 0 Å². The molecule has 0 saturated carbocycles. The average molecular weight is 1950 g/mol. The smallest absolute Gasteiger partial charge is 0.238 e. The van der Waals surface area contributed by atoms with Crippen LogP contribution in [0.3, 0.4) is 0 Å². The van der Waals surface area contributed by atoms with Crippen LogP contribution in [0.15, 0.2) is 149 Å². The minimum Gasteiger partial charge on any atom is -0.238 e. The Kier molecular flexibility index (Phi) is 27.2. The standard InChI is InChI=1S/C38H9F3N10.C38H12F3N9.C37H10F3N9/c1-18-6-7-20(11-26(18)48-2)30-36(28(17-47)50-4)33-23(14-44)31-22(13-43)29(19-8-9-21(12-42)25(10-19)38(39,40)41)35(27(16-46)49-3)32(31)24(15-45)34(33)37(30)51-5;1-18-6-7-20(10-19(18)2)30-36(28(17-47)49-4)33-24(14-44)31-23(13-43)29(21-8-9-26(38(39,40)41)22(11-21)12-42)35(27(16-46)48-3)32(31)25(15-45)34(33)37(30)50-5;1-18-6-7-20(11-27(18)46-2)31-34(28(16-44)47-3)23-12-22-24(14-42)30(19-8-9-26(37(38,39)40)21(10-19)13-41)35(29(17-45)48-4)32(22)25(15-43)33(23)36(31)49-5/h6-11H,1H3;6-11H,1-2H3;6-12H,1H3/b2*35-27-,36-28+;34-28-,35-29-. The van der Waals surface area contributed by atoms with Gasteiger partial charge in [0.2, 0.25) is 17.1 Å². The number of halogens is 9. The van der Waals surface area contributed by atoms with Gasteiger partial charge in [-0.25, -0.2) is 84.9 Å². The number of hydrogen-bond acceptors (Lipinski definition) is 17. The molecule has 37 heteroatoms. The first-order valence-corrected chi connectivity index (χ1v) is 41.4. The van der Waals surface area contributed by atoms with Gasteiger partial charge >= 0.3 is 18.5 Å². The number of hydrogen-bond donors (Lipinski definition) is 0. The molecular weight excluding hydrogens is 1920 g/mol. The summed E-state index contributed by atoms with van der Waals surface area (Å²) in [4.78, 5) is 37.8. The lowest BCUT2D eigenvalue weighted by Gasteiger charge is -2.17. The van der Waals surface area contributed by atoms with Crippen molar-refractivity contribution in [1.82, 2.24) is 0 Å². The molecule has 150 heavy (non-hydrogen) atoms. The van der Waals surface area contributed by atoms with E-state index >= 15 is 0 Å². The van der Waals surface area contributed by atoms with Crippen molar-refractivity contribution in [2.75, 3.05) is 0 Å². The van der Waals surface area contributed by atoms with Crippen LogP contribution in [0.2, 0.25) is 0 Å². The Hall–Kier alpha value is -25.0. The van der Waals surface area contributed by atoms with Crippen molar-refractivity contribution in [2.24, 2.45) is 0 Å². The van der Waals surface area contributed by atoms with Gasteiger partial charge in [-0.2, -0.15) is 97.4 Å². The lowest BCUT2D eigenvalue weighted by Crippen LogP contribution is -2.08. The molecule has 9 aromatic carbocycles. The predicted molar refractivity (Wildman–Crippen MR) is 515 cm³/mol. The second-order valence-electron chi connectivity index (χ2n) is 31.6. The molecule has 0 fully saturated rings. The summed E-state index contributed by atoms with van der Waals surface area (Å²) in [5, 5.41) is 174. The van der Waals surface area contributed by atoms with Crippen LogP contribution in [0.25, 0.3) is 154 Å². The Labute approximate surface area is 844 Å². The molecule has 0 amide bonds. The zero-order valence-electron chi connectivity index (χ0n) is 75.9. The summed E-state index contributed by atoms with van der Waals surface area (Å²) in [5.74, 6) is 0. The van der Waals surface area contributed by atoms with E-state index in [2.05, 4.69) is 53.3 Å². The molecular formula is C113H31F9N28. The van der Waals surface area contributed by atoms with Crippen molar-refractivity contribution in [2.45, 2.75) is 46.2 Å². The van der Waals surface area contributed by atoms with Crippen molar-refractivity contribution < 1.29 is 39.5 Å². The molecule has 6 aliphatic rings. The predicted octanol–water partition coefficient (Wildman–Crippen LogP) is 26.1. The lowest BCUT2D eigenvalue weighted by atomic mass is 9.83. The van der Waals surface area contributed by atoms with Crippen LogP contribution in [-0.2, 0) is 18.5 Å². The number of alkyl halides is 9. The van der Waals surface area contributed by atoms with Crippen LogP contribution < -0.4 is 0 Å². The molecule has 0 heterocycles. The fraction of sp³-hybridized carbons (Fsp3) is 0.0619. The van der Waals surface area contributed by atoms with Crippen molar-refractivity contribution >= 4 is 112 Å². The van der Waals surface area contributed by atoms with E-state index in [0.717, 1.165) is 47.5 Å². The molecule has 9 aromatic rings. The number of nitrogens with zero attached hydrogens (tertiary/aromatic N) is 28. The number of aryl methyl sites for hydroxylation is 4. The van der Waals surface area contributed by atoms with Crippen LogP contribution >= 0.6 is 0 Å². The van der Waals surface area contributed by atoms with Gasteiger partial charge in [0.15, 0.2) is 11.4 Å². The second kappa shape index (κ2) is 39.8. The molecule has 6 aliphatic carbocycles. The summed E-state index contributed by atoms with van der Waals surface area (Å²) in [7, 11) is 0. The van der Waals surface area contributed by atoms with E-state index in [1.165, 1.54) is 42.5 Å². The Morgan fingerprint density at radius 3 is 0.827 bits per heavy atom. The summed E-state index contributed by atoms with van der Waals surface area (Å²) in [6, 6.07) is 53.2. The Morgan fingerprint density at radius 2 is 0.507 bits per heavy atom. The highest BCUT2D eigenvalue weighted by Gasteiger charge is 2.49. The maximum Gasteiger partial charge on any atom is 0.417 e. The summed E-state index contributed by atoms with van der Waals surface area (Å²) >= 11 is 0. The molecule has 0 saturated heterocycles. The Morgan fingerprint density at radius 1 is 0.227 bits per heavy atom. The molecule has 0 N–H and O–H groups in total. The highest BCUT2D eigenvalue weighted by Crippen LogP contribution is 2.64. The summed E-state index contributed by atoms with van der Waals surface area (Å²) in [6.45, 7) is 93.3. The maximum absolute atomic E-state index is 14.1. The van der Waals surface area contributed by atoms with Gasteiger partial charge in [-0.3, -0.25) is 0 Å². The lowest BCUT2D eigenvalue weighted by molar-refractivity contribution is -0.138. The molecule has 0 unspecified atom stereocenters. The molecule has 0 spiro atoms. The van der Waals surface area contributed by atoms with E-state index in [4.69, 9.17) is 72.3 Å². The highest BCUT2D eigenvalue weighted by molar-refractivity contribution is 6.35. The average Bonchev–Trinajstić information content (AvgIpc) is 1.53. The fourth-order valence-electron chi connectivity index (χ4n) is 18.3. The first-order valence-electron chi connectivity index (χ1n) is 41.4. The van der Waals surface area contributed by atoms with Crippen LogP contribution in [-0.4, -0.2) is 0 Å². The third kappa shape index (κ3) is 15.9. The first kappa shape index (κ1) is 102. The first-order chi connectivity index (χ1) is 71.9. The molecule has 0 radical (unpaired) electrons. The molecule has 15 rings (SSSR count). The van der Waals surface area contributed by atoms with Gasteiger partial charge < -0.3 is 0 Å². The minimum atomic E-state index is -5.06. The SMILES string of the molecule is [C-]#[N+]C1=C(c2ccc(C)c(C)c2)/C(=C(/C#N)[N+]#[C-])c2c(C#N)c3c(c(C#N)c21)/C(=C(/C#N)[N+]#[C-])C(c1ccc(C(F)(F)F)c(C#N)c1)=C3C#N.[C-]#[N+]C1=C(c2ccc(C)c([N+]#[C-])c2)/C(=C(/C#N)[N+]#[C-])c2c(C#N)c3c(c(C#N)c21)/C(=C(/C#N)[N+]#[C-])C(c1ccc(C#N)c(C(F)(F)F)c1)=C3C#N.[C-]#[N+]C1=C(c2ccc(C)c([N+]#[C-])c2)/C(=C(/C#N)[N+]#[C-])c2cc3c(c(C#N)c21)/C(=C(/C#N)[N+]#[C-])C(c1ccc(C(F)(F)F)c(C#N)c1)=C3C#N. The third-order valence-electron chi connectivity index (χ3n) is 24.5. The van der Waals surface area contributed by atoms with Gasteiger partial charge in [0.05, 0.1) is 223 Å². The minimum absolute atomic E-state index is 0.0357. The number of rotatable bonds is 6. The molecule has 0 bridgehead atoms. The number of allylic oxidation sites excluding steroid dienone is 21. The fourth-order valence-corrected chi connectivity index (χ4v) is 18.3. The topological polar surface area (TPSA) is 452 Å². The van der Waals surface area contributed by atoms with Crippen molar-refractivity contribution in [1.29, 1.82) is 89.5 Å². The van der Waals surface area contributed by atoms with Crippen LogP contribution in [0.5, 0.6) is 0 Å².